The van der Waals surface area contributed by atoms with Crippen molar-refractivity contribution in [2.75, 3.05) is 0 Å². The van der Waals surface area contributed by atoms with Gasteiger partial charge in [0.25, 0.3) is 0 Å². The van der Waals surface area contributed by atoms with Crippen molar-refractivity contribution in [2.45, 2.75) is 46.5 Å². The van der Waals surface area contributed by atoms with Gasteiger partial charge in [-0.2, -0.15) is 0 Å². The monoisotopic (exact) mass is 170 g/mol. The van der Waals surface area contributed by atoms with E-state index in [9.17, 15) is 0 Å². The average molecular weight is 170 g/mol. The van der Waals surface area contributed by atoms with Crippen molar-refractivity contribution >= 4 is 0 Å². The van der Waals surface area contributed by atoms with Crippen LogP contribution in [0.15, 0.2) is 12.3 Å². The second-order valence-corrected chi connectivity index (χ2v) is 4.51. The van der Waals surface area contributed by atoms with Gasteiger partial charge in [0.2, 0.25) is 6.29 Å². The van der Waals surface area contributed by atoms with Crippen molar-refractivity contribution in [3.8, 4) is 0 Å². The Balaban J connectivity index is 2.62. The van der Waals surface area contributed by atoms with Crippen LogP contribution >= 0.6 is 0 Å². The topological polar surface area (TPSA) is 18.5 Å². The van der Waals surface area contributed by atoms with E-state index in [4.69, 9.17) is 9.47 Å². The summed E-state index contributed by atoms with van der Waals surface area (Å²) in [4.78, 5) is 0. The summed E-state index contributed by atoms with van der Waals surface area (Å²) in [6.07, 6.45) is 0.899. The molecule has 1 rings (SSSR count). The average Bonchev–Trinajstić information content (AvgIpc) is 1.82. The van der Waals surface area contributed by atoms with E-state index in [0.717, 1.165) is 12.2 Å². The van der Waals surface area contributed by atoms with E-state index in [1.165, 1.54) is 0 Å². The highest BCUT2D eigenvalue weighted by molar-refractivity contribution is 4.90. The maximum absolute atomic E-state index is 5.64. The first-order valence-corrected chi connectivity index (χ1v) is 4.39. The molecule has 2 nitrogen and oxygen atoms in total. The zero-order valence-corrected chi connectivity index (χ0v) is 8.39. The quantitative estimate of drug-likeness (QED) is 0.556. The Bertz CT molecular complexity index is 179. The van der Waals surface area contributed by atoms with Gasteiger partial charge >= 0.3 is 0 Å². The van der Waals surface area contributed by atoms with Crippen molar-refractivity contribution in [3.05, 3.63) is 12.3 Å². The largest absolute Gasteiger partial charge is 0.469 e. The van der Waals surface area contributed by atoms with Crippen LogP contribution in [0.1, 0.15) is 34.1 Å². The lowest BCUT2D eigenvalue weighted by Gasteiger charge is -2.37. The summed E-state index contributed by atoms with van der Waals surface area (Å²) >= 11 is 0. The van der Waals surface area contributed by atoms with Crippen LogP contribution in [-0.2, 0) is 9.47 Å². The van der Waals surface area contributed by atoms with Gasteiger partial charge in [-0.15, -0.1) is 0 Å². The van der Waals surface area contributed by atoms with Gasteiger partial charge in [-0.3, -0.25) is 0 Å². The third-order valence-electron chi connectivity index (χ3n) is 1.85. The highest BCUT2D eigenvalue weighted by Crippen LogP contribution is 2.31. The van der Waals surface area contributed by atoms with Crippen molar-refractivity contribution < 1.29 is 9.47 Å². The standard InChI is InChI=1S/C10H18O2/c1-7-6-8(2)12-9(11-7)10(3,4)5/h8-9H,1,6H2,2-5H3/t8-,9-/m1/s1. The molecule has 0 aromatic heterocycles. The lowest BCUT2D eigenvalue weighted by Crippen LogP contribution is -2.38. The van der Waals surface area contributed by atoms with Gasteiger partial charge in [-0.25, -0.2) is 0 Å². The molecule has 2 heteroatoms. The molecule has 0 amide bonds. The molecule has 0 unspecified atom stereocenters. The van der Waals surface area contributed by atoms with E-state index in [0.29, 0.717) is 0 Å². The molecule has 0 spiro atoms. The molecule has 1 aliphatic heterocycles. The molecule has 1 aliphatic rings. The molecule has 0 N–H and O–H groups in total. The Morgan fingerprint density at radius 1 is 1.42 bits per heavy atom. The van der Waals surface area contributed by atoms with E-state index >= 15 is 0 Å². The normalized spacial score (nSPS) is 31.5. The first-order chi connectivity index (χ1) is 5.39. The molecular weight excluding hydrogens is 152 g/mol. The van der Waals surface area contributed by atoms with E-state index in [1.54, 1.807) is 0 Å². The van der Waals surface area contributed by atoms with Gasteiger partial charge < -0.3 is 9.47 Å². The van der Waals surface area contributed by atoms with Gasteiger partial charge in [0.1, 0.15) is 0 Å². The fraction of sp³-hybridized carbons (Fsp3) is 0.800. The van der Waals surface area contributed by atoms with Gasteiger partial charge in [0.05, 0.1) is 11.9 Å². The molecule has 2 atom stereocenters. The van der Waals surface area contributed by atoms with Crippen LogP contribution in [0.3, 0.4) is 0 Å². The number of rotatable bonds is 0. The van der Waals surface area contributed by atoms with Gasteiger partial charge in [-0.1, -0.05) is 27.4 Å². The second kappa shape index (κ2) is 3.09. The number of hydrogen-bond donors (Lipinski definition) is 0. The lowest BCUT2D eigenvalue weighted by atomic mass is 9.95. The molecule has 0 aliphatic carbocycles. The number of hydrogen-bond acceptors (Lipinski definition) is 2. The predicted molar refractivity (Wildman–Crippen MR) is 48.6 cm³/mol. The third-order valence-corrected chi connectivity index (χ3v) is 1.85. The molecule has 12 heavy (non-hydrogen) atoms. The molecule has 1 saturated heterocycles. The highest BCUT2D eigenvalue weighted by atomic mass is 16.7. The fourth-order valence-corrected chi connectivity index (χ4v) is 1.19. The van der Waals surface area contributed by atoms with Crippen LogP contribution in [0, 0.1) is 5.41 Å². The smallest absolute Gasteiger partial charge is 0.204 e. The zero-order valence-electron chi connectivity index (χ0n) is 8.39. The maximum Gasteiger partial charge on any atom is 0.204 e. The van der Waals surface area contributed by atoms with Crippen molar-refractivity contribution in [1.82, 2.24) is 0 Å². The Labute approximate surface area is 74.6 Å². The first kappa shape index (κ1) is 9.59. The summed E-state index contributed by atoms with van der Waals surface area (Å²) in [7, 11) is 0. The predicted octanol–water partition coefficient (Wildman–Crippen LogP) is 2.70. The summed E-state index contributed by atoms with van der Waals surface area (Å²) in [5.74, 6) is 0.841. The minimum absolute atomic E-state index is 0.0254. The molecule has 0 radical (unpaired) electrons. The van der Waals surface area contributed by atoms with Crippen LogP contribution in [0.25, 0.3) is 0 Å². The molecule has 0 bridgehead atoms. The summed E-state index contributed by atoms with van der Waals surface area (Å²) in [6, 6.07) is 0. The Morgan fingerprint density at radius 2 is 2.00 bits per heavy atom. The summed E-state index contributed by atoms with van der Waals surface area (Å²) < 4.78 is 11.1. The molecule has 0 saturated carbocycles. The molecule has 1 fully saturated rings. The molecular formula is C10H18O2. The van der Waals surface area contributed by atoms with Crippen LogP contribution in [0.4, 0.5) is 0 Å². The van der Waals surface area contributed by atoms with E-state index in [1.807, 2.05) is 6.92 Å². The van der Waals surface area contributed by atoms with E-state index in [-0.39, 0.29) is 17.8 Å². The van der Waals surface area contributed by atoms with Crippen molar-refractivity contribution in [1.29, 1.82) is 0 Å². The minimum atomic E-state index is -0.145. The van der Waals surface area contributed by atoms with Gasteiger partial charge in [0, 0.05) is 11.8 Å². The van der Waals surface area contributed by atoms with Crippen LogP contribution < -0.4 is 0 Å². The third kappa shape index (κ3) is 2.24. The van der Waals surface area contributed by atoms with Crippen molar-refractivity contribution in [2.24, 2.45) is 5.41 Å². The van der Waals surface area contributed by atoms with E-state index in [2.05, 4.69) is 27.4 Å². The lowest BCUT2D eigenvalue weighted by molar-refractivity contribution is -0.223. The van der Waals surface area contributed by atoms with Crippen LogP contribution in [-0.4, -0.2) is 12.4 Å². The zero-order chi connectivity index (χ0) is 9.35. The Morgan fingerprint density at radius 3 is 2.42 bits per heavy atom. The molecule has 1 heterocycles. The van der Waals surface area contributed by atoms with Crippen LogP contribution in [0.2, 0.25) is 0 Å². The second-order valence-electron chi connectivity index (χ2n) is 4.51. The number of ether oxygens (including phenoxy) is 2. The van der Waals surface area contributed by atoms with Crippen molar-refractivity contribution in [3.63, 3.8) is 0 Å². The van der Waals surface area contributed by atoms with Gasteiger partial charge in [0.15, 0.2) is 0 Å². The first-order valence-electron chi connectivity index (χ1n) is 4.39. The summed E-state index contributed by atoms with van der Waals surface area (Å²) in [6.45, 7) is 12.2. The minimum Gasteiger partial charge on any atom is -0.469 e. The molecule has 0 aromatic carbocycles. The van der Waals surface area contributed by atoms with Gasteiger partial charge in [-0.05, 0) is 6.92 Å². The van der Waals surface area contributed by atoms with E-state index < -0.39 is 0 Å². The highest BCUT2D eigenvalue weighted by Gasteiger charge is 2.32. The Hall–Kier alpha value is -0.500. The summed E-state index contributed by atoms with van der Waals surface area (Å²) in [5, 5.41) is 0. The molecule has 0 aromatic rings. The fourth-order valence-electron chi connectivity index (χ4n) is 1.19. The SMILES string of the molecule is C=C1C[C@@H](C)O[C@H](C(C)(C)C)O1. The van der Waals surface area contributed by atoms with Crippen LogP contribution in [0.5, 0.6) is 0 Å². The molecule has 70 valence electrons. The maximum atomic E-state index is 5.64. The summed E-state index contributed by atoms with van der Waals surface area (Å²) in [5.41, 5.74) is 0.0254. The Kier molecular flexibility index (Phi) is 2.47.